The van der Waals surface area contributed by atoms with Crippen molar-refractivity contribution in [3.05, 3.63) is 47.4 Å². The molecular formula is C14H17FN4. The third-order valence-electron chi connectivity index (χ3n) is 2.76. The average Bonchev–Trinajstić information content (AvgIpc) is 2.41. The first-order valence-electron chi connectivity index (χ1n) is 6.31. The van der Waals surface area contributed by atoms with Crippen LogP contribution in [0.15, 0.2) is 24.4 Å². The van der Waals surface area contributed by atoms with Gasteiger partial charge in [0.2, 0.25) is 0 Å². The number of aryl methyl sites for hydroxylation is 3. The van der Waals surface area contributed by atoms with Gasteiger partial charge >= 0.3 is 0 Å². The second-order valence-corrected chi connectivity index (χ2v) is 4.37. The van der Waals surface area contributed by atoms with Crippen LogP contribution in [0.5, 0.6) is 0 Å². The third-order valence-corrected chi connectivity index (χ3v) is 2.76. The predicted molar refractivity (Wildman–Crippen MR) is 72.5 cm³/mol. The first kappa shape index (κ1) is 13.4. The van der Waals surface area contributed by atoms with E-state index >= 15 is 0 Å². The zero-order valence-electron chi connectivity index (χ0n) is 11.2. The van der Waals surface area contributed by atoms with Crippen molar-refractivity contribution in [3.63, 3.8) is 0 Å². The minimum atomic E-state index is -0.372. The van der Waals surface area contributed by atoms with Gasteiger partial charge in [-0.1, -0.05) is 6.07 Å². The Balaban J connectivity index is 1.86. The monoisotopic (exact) mass is 260 g/mol. The van der Waals surface area contributed by atoms with Crippen LogP contribution in [0.3, 0.4) is 0 Å². The van der Waals surface area contributed by atoms with Crippen molar-refractivity contribution in [2.75, 3.05) is 11.9 Å². The zero-order chi connectivity index (χ0) is 13.7. The van der Waals surface area contributed by atoms with E-state index in [0.29, 0.717) is 18.1 Å². The van der Waals surface area contributed by atoms with E-state index in [1.54, 1.807) is 20.0 Å². The van der Waals surface area contributed by atoms with Gasteiger partial charge in [0.05, 0.1) is 5.69 Å². The van der Waals surface area contributed by atoms with Crippen LogP contribution in [0.1, 0.15) is 23.6 Å². The highest BCUT2D eigenvalue weighted by molar-refractivity contribution is 5.37. The van der Waals surface area contributed by atoms with Crippen molar-refractivity contribution in [1.29, 1.82) is 0 Å². The maximum absolute atomic E-state index is 13.7. The summed E-state index contributed by atoms with van der Waals surface area (Å²) in [5, 5.41) is 3.01. The summed E-state index contributed by atoms with van der Waals surface area (Å²) in [6.07, 6.45) is 3.51. The molecule has 2 rings (SSSR count). The van der Waals surface area contributed by atoms with E-state index in [2.05, 4.69) is 20.3 Å². The fourth-order valence-corrected chi connectivity index (χ4v) is 1.84. The van der Waals surface area contributed by atoms with E-state index in [4.69, 9.17) is 0 Å². The molecule has 2 heterocycles. The molecule has 100 valence electrons. The first-order valence-corrected chi connectivity index (χ1v) is 6.31. The molecule has 1 N–H and O–H groups in total. The molecule has 0 unspecified atom stereocenters. The Hall–Kier alpha value is -2.04. The van der Waals surface area contributed by atoms with Gasteiger partial charge in [0.15, 0.2) is 11.6 Å². The Morgan fingerprint density at radius 3 is 2.79 bits per heavy atom. The molecular weight excluding hydrogens is 243 g/mol. The number of rotatable bonds is 5. The smallest absolute Gasteiger partial charge is 0.186 e. The number of hydrogen-bond donors (Lipinski definition) is 1. The number of halogens is 1. The van der Waals surface area contributed by atoms with E-state index in [-0.39, 0.29) is 11.6 Å². The number of nitrogens with one attached hydrogen (secondary N) is 1. The van der Waals surface area contributed by atoms with Gasteiger partial charge in [0, 0.05) is 18.4 Å². The first-order chi connectivity index (χ1) is 9.16. The molecule has 2 aromatic rings. The van der Waals surface area contributed by atoms with Gasteiger partial charge in [0.25, 0.3) is 0 Å². The van der Waals surface area contributed by atoms with Crippen molar-refractivity contribution in [1.82, 2.24) is 15.0 Å². The van der Waals surface area contributed by atoms with E-state index in [1.165, 1.54) is 0 Å². The van der Waals surface area contributed by atoms with Crippen LogP contribution < -0.4 is 5.32 Å². The maximum atomic E-state index is 13.7. The third kappa shape index (κ3) is 3.71. The number of pyridine rings is 1. The van der Waals surface area contributed by atoms with Crippen LogP contribution in [-0.4, -0.2) is 21.5 Å². The predicted octanol–water partition coefficient (Wildman–Crippen LogP) is 2.67. The second-order valence-electron chi connectivity index (χ2n) is 4.37. The average molecular weight is 260 g/mol. The quantitative estimate of drug-likeness (QED) is 0.840. The summed E-state index contributed by atoms with van der Waals surface area (Å²) in [4.78, 5) is 12.3. The fourth-order valence-electron chi connectivity index (χ4n) is 1.84. The summed E-state index contributed by atoms with van der Waals surface area (Å²) < 4.78 is 13.7. The molecule has 5 heteroatoms. The summed E-state index contributed by atoms with van der Waals surface area (Å²) in [7, 11) is 0. The number of anilines is 1. The second kappa shape index (κ2) is 6.22. The standard InChI is InChI=1S/C14H17FN4/c1-10-13(15)14(19-11(2)18-10)17-9-5-7-12-6-3-4-8-16-12/h3-4,6,8H,5,7,9H2,1-2H3,(H,17,18,19). The van der Waals surface area contributed by atoms with Crippen LogP contribution in [0.4, 0.5) is 10.2 Å². The molecule has 0 aliphatic heterocycles. The van der Waals surface area contributed by atoms with Gasteiger partial charge < -0.3 is 5.32 Å². The van der Waals surface area contributed by atoms with Crippen LogP contribution >= 0.6 is 0 Å². The van der Waals surface area contributed by atoms with Crippen molar-refractivity contribution >= 4 is 5.82 Å². The molecule has 0 spiro atoms. The lowest BCUT2D eigenvalue weighted by molar-refractivity contribution is 0.601. The van der Waals surface area contributed by atoms with Crippen molar-refractivity contribution in [2.45, 2.75) is 26.7 Å². The lowest BCUT2D eigenvalue weighted by Crippen LogP contribution is -2.09. The normalized spacial score (nSPS) is 10.5. The number of aromatic nitrogens is 3. The molecule has 0 radical (unpaired) electrons. The van der Waals surface area contributed by atoms with Crippen LogP contribution in [0.2, 0.25) is 0 Å². The van der Waals surface area contributed by atoms with E-state index in [9.17, 15) is 4.39 Å². The summed E-state index contributed by atoms with van der Waals surface area (Å²) in [5.74, 6) is 0.487. The van der Waals surface area contributed by atoms with Crippen LogP contribution in [0, 0.1) is 19.7 Å². The molecule has 0 amide bonds. The van der Waals surface area contributed by atoms with Gasteiger partial charge in [0.1, 0.15) is 5.82 Å². The molecule has 0 fully saturated rings. The van der Waals surface area contributed by atoms with Gasteiger partial charge in [-0.3, -0.25) is 4.98 Å². The van der Waals surface area contributed by atoms with Gasteiger partial charge in [-0.05, 0) is 38.8 Å². The van der Waals surface area contributed by atoms with E-state index in [0.717, 1.165) is 18.5 Å². The van der Waals surface area contributed by atoms with Crippen molar-refractivity contribution < 1.29 is 4.39 Å². The molecule has 4 nitrogen and oxygen atoms in total. The van der Waals surface area contributed by atoms with Crippen molar-refractivity contribution in [3.8, 4) is 0 Å². The lowest BCUT2D eigenvalue weighted by atomic mass is 10.2. The molecule has 0 saturated heterocycles. The topological polar surface area (TPSA) is 50.7 Å². The summed E-state index contributed by atoms with van der Waals surface area (Å²) >= 11 is 0. The molecule has 0 aromatic carbocycles. The molecule has 0 saturated carbocycles. The Morgan fingerprint density at radius 2 is 2.05 bits per heavy atom. The highest BCUT2D eigenvalue weighted by Crippen LogP contribution is 2.13. The van der Waals surface area contributed by atoms with E-state index < -0.39 is 0 Å². The fraction of sp³-hybridized carbons (Fsp3) is 0.357. The summed E-state index contributed by atoms with van der Waals surface area (Å²) in [5.41, 5.74) is 1.42. The zero-order valence-corrected chi connectivity index (χ0v) is 11.2. The van der Waals surface area contributed by atoms with Gasteiger partial charge in [-0.2, -0.15) is 0 Å². The lowest BCUT2D eigenvalue weighted by Gasteiger charge is -2.08. The Bertz CT molecular complexity index is 543. The highest BCUT2D eigenvalue weighted by atomic mass is 19.1. The SMILES string of the molecule is Cc1nc(C)c(F)c(NCCCc2ccccn2)n1. The van der Waals surface area contributed by atoms with Crippen LogP contribution in [0.25, 0.3) is 0 Å². The molecule has 0 aliphatic rings. The summed E-state index contributed by atoms with van der Waals surface area (Å²) in [6.45, 7) is 4.05. The molecule has 0 bridgehead atoms. The maximum Gasteiger partial charge on any atom is 0.186 e. The Kier molecular flexibility index (Phi) is 4.39. The minimum absolute atomic E-state index is 0.283. The van der Waals surface area contributed by atoms with E-state index in [1.807, 2.05) is 18.2 Å². The van der Waals surface area contributed by atoms with Gasteiger partial charge in [-0.25, -0.2) is 14.4 Å². The Labute approximate surface area is 112 Å². The summed E-state index contributed by atoms with van der Waals surface area (Å²) in [6, 6.07) is 5.84. The Morgan fingerprint density at radius 1 is 1.21 bits per heavy atom. The molecule has 0 aliphatic carbocycles. The number of hydrogen-bond acceptors (Lipinski definition) is 4. The minimum Gasteiger partial charge on any atom is -0.368 e. The van der Waals surface area contributed by atoms with Crippen LogP contribution in [-0.2, 0) is 6.42 Å². The number of nitrogens with zero attached hydrogens (tertiary/aromatic N) is 3. The van der Waals surface area contributed by atoms with Crippen molar-refractivity contribution in [2.24, 2.45) is 0 Å². The highest BCUT2D eigenvalue weighted by Gasteiger charge is 2.08. The molecule has 19 heavy (non-hydrogen) atoms. The van der Waals surface area contributed by atoms with Gasteiger partial charge in [-0.15, -0.1) is 0 Å². The molecule has 2 aromatic heterocycles. The molecule has 0 atom stereocenters. The largest absolute Gasteiger partial charge is 0.368 e.